The van der Waals surface area contributed by atoms with Crippen molar-refractivity contribution in [3.05, 3.63) is 52.3 Å². The van der Waals surface area contributed by atoms with E-state index in [4.69, 9.17) is 26.4 Å². The van der Waals surface area contributed by atoms with Crippen LogP contribution in [0.2, 0.25) is 5.02 Å². The Kier molecular flexibility index (Phi) is 5.91. The predicted molar refractivity (Wildman–Crippen MR) is 129 cm³/mol. The number of fused-ring (bicyclic) bond motifs is 1. The molecule has 0 aliphatic carbocycles. The standard InChI is InChI=1S/C25H30ClN5O2/c1-16-9-11-29(14-16)24-17(2)15-31-23(27-24)13-20(28-31)21-6-4-5-10-30(21)25(32)18-7-8-22(33-3)19(26)12-18/h7-8,12-13,15-16,21H,4-6,9-11,14H2,1-3H3/t16-,21-/m0/s1. The lowest BCUT2D eigenvalue weighted by Gasteiger charge is -2.34. The van der Waals surface area contributed by atoms with Crippen molar-refractivity contribution in [2.24, 2.45) is 5.92 Å². The van der Waals surface area contributed by atoms with E-state index < -0.39 is 0 Å². The molecule has 2 fully saturated rings. The summed E-state index contributed by atoms with van der Waals surface area (Å²) in [6.45, 7) is 7.16. The highest BCUT2D eigenvalue weighted by Gasteiger charge is 2.31. The van der Waals surface area contributed by atoms with Gasteiger partial charge in [-0.25, -0.2) is 9.50 Å². The van der Waals surface area contributed by atoms with Gasteiger partial charge in [0.25, 0.3) is 5.91 Å². The monoisotopic (exact) mass is 467 g/mol. The van der Waals surface area contributed by atoms with Gasteiger partial charge in [0.2, 0.25) is 0 Å². The maximum absolute atomic E-state index is 13.4. The average molecular weight is 468 g/mol. The zero-order valence-corrected chi connectivity index (χ0v) is 20.2. The minimum Gasteiger partial charge on any atom is -0.495 e. The quantitative estimate of drug-likeness (QED) is 0.545. The molecule has 0 bridgehead atoms. The van der Waals surface area contributed by atoms with E-state index in [0.29, 0.717) is 28.8 Å². The van der Waals surface area contributed by atoms with Gasteiger partial charge in [-0.2, -0.15) is 5.10 Å². The van der Waals surface area contributed by atoms with Gasteiger partial charge in [0.1, 0.15) is 11.6 Å². The first-order valence-electron chi connectivity index (χ1n) is 11.7. The number of halogens is 1. The summed E-state index contributed by atoms with van der Waals surface area (Å²) in [7, 11) is 1.57. The fraction of sp³-hybridized carbons (Fsp3) is 0.480. The number of anilines is 1. The third-order valence-electron chi connectivity index (χ3n) is 6.85. The summed E-state index contributed by atoms with van der Waals surface area (Å²) in [6, 6.07) is 7.17. The number of benzene rings is 1. The second-order valence-electron chi connectivity index (χ2n) is 9.32. The van der Waals surface area contributed by atoms with Crippen molar-refractivity contribution in [3.8, 4) is 5.75 Å². The van der Waals surface area contributed by atoms with E-state index in [2.05, 4.69) is 24.9 Å². The van der Waals surface area contributed by atoms with Crippen LogP contribution >= 0.6 is 11.6 Å². The summed E-state index contributed by atoms with van der Waals surface area (Å²) in [6.07, 6.45) is 6.19. The SMILES string of the molecule is COc1ccc(C(=O)N2CCCC[C@H]2c2cc3nc(N4CC[C@H](C)C4)c(C)cn3n2)cc1Cl. The van der Waals surface area contributed by atoms with Gasteiger partial charge in [0.15, 0.2) is 5.65 Å². The van der Waals surface area contributed by atoms with E-state index in [0.717, 1.165) is 55.1 Å². The number of aromatic nitrogens is 3. The molecule has 0 N–H and O–H groups in total. The fourth-order valence-electron chi connectivity index (χ4n) is 5.08. The molecule has 4 heterocycles. The summed E-state index contributed by atoms with van der Waals surface area (Å²) < 4.78 is 7.09. The van der Waals surface area contributed by atoms with E-state index in [1.54, 1.807) is 25.3 Å². The second kappa shape index (κ2) is 8.86. The van der Waals surface area contributed by atoms with Crippen LogP contribution in [0.4, 0.5) is 5.82 Å². The van der Waals surface area contributed by atoms with Crippen LogP contribution in [0.25, 0.3) is 5.65 Å². The van der Waals surface area contributed by atoms with Gasteiger partial charge in [-0.05, 0) is 56.7 Å². The number of rotatable bonds is 4. The minimum atomic E-state index is -0.0793. The molecule has 1 aromatic carbocycles. The molecule has 7 nitrogen and oxygen atoms in total. The number of hydrogen-bond acceptors (Lipinski definition) is 5. The molecule has 0 unspecified atom stereocenters. The van der Waals surface area contributed by atoms with Crippen molar-refractivity contribution in [3.63, 3.8) is 0 Å². The molecule has 2 aromatic heterocycles. The number of amides is 1. The molecule has 2 atom stereocenters. The lowest BCUT2D eigenvalue weighted by Crippen LogP contribution is -2.38. The summed E-state index contributed by atoms with van der Waals surface area (Å²) in [4.78, 5) is 22.7. The maximum Gasteiger partial charge on any atom is 0.254 e. The first-order chi connectivity index (χ1) is 15.9. The molecular weight excluding hydrogens is 438 g/mol. The van der Waals surface area contributed by atoms with E-state index >= 15 is 0 Å². The van der Waals surface area contributed by atoms with Crippen molar-refractivity contribution in [2.45, 2.75) is 45.6 Å². The number of piperidine rings is 1. The predicted octanol–water partition coefficient (Wildman–Crippen LogP) is 4.91. The molecule has 0 radical (unpaired) electrons. The highest BCUT2D eigenvalue weighted by atomic mass is 35.5. The van der Waals surface area contributed by atoms with Gasteiger partial charge in [-0.1, -0.05) is 18.5 Å². The van der Waals surface area contributed by atoms with Gasteiger partial charge >= 0.3 is 0 Å². The van der Waals surface area contributed by atoms with Gasteiger partial charge in [-0.15, -0.1) is 0 Å². The normalized spacial score (nSPS) is 21.1. The Morgan fingerprint density at radius 3 is 2.76 bits per heavy atom. The Balaban J connectivity index is 1.45. The average Bonchev–Trinajstić information content (AvgIpc) is 3.43. The van der Waals surface area contributed by atoms with Crippen LogP contribution in [0.5, 0.6) is 5.75 Å². The number of aryl methyl sites for hydroxylation is 1. The van der Waals surface area contributed by atoms with Gasteiger partial charge in [0, 0.05) is 43.0 Å². The number of likely N-dealkylation sites (tertiary alicyclic amines) is 1. The number of nitrogens with zero attached hydrogens (tertiary/aromatic N) is 5. The summed E-state index contributed by atoms with van der Waals surface area (Å²) in [5.74, 6) is 2.27. The molecular formula is C25H30ClN5O2. The zero-order chi connectivity index (χ0) is 23.1. The number of carbonyl (C=O) groups excluding carboxylic acids is 1. The Morgan fingerprint density at radius 2 is 2.03 bits per heavy atom. The number of carbonyl (C=O) groups is 1. The molecule has 8 heteroatoms. The molecule has 174 valence electrons. The lowest BCUT2D eigenvalue weighted by molar-refractivity contribution is 0.0605. The molecule has 5 rings (SSSR count). The van der Waals surface area contributed by atoms with Crippen molar-refractivity contribution >= 4 is 29.0 Å². The first kappa shape index (κ1) is 22.0. The van der Waals surface area contributed by atoms with Gasteiger partial charge in [0.05, 0.1) is 23.9 Å². The molecule has 0 spiro atoms. The summed E-state index contributed by atoms with van der Waals surface area (Å²) in [5.41, 5.74) is 3.41. The number of methoxy groups -OCH3 is 1. The maximum atomic E-state index is 13.4. The van der Waals surface area contributed by atoms with Gasteiger partial charge in [-0.3, -0.25) is 4.79 Å². The summed E-state index contributed by atoms with van der Waals surface area (Å²) >= 11 is 6.29. The molecule has 2 aliphatic rings. The molecule has 33 heavy (non-hydrogen) atoms. The lowest BCUT2D eigenvalue weighted by atomic mass is 9.98. The van der Waals surface area contributed by atoms with Crippen molar-refractivity contribution in [1.82, 2.24) is 19.5 Å². The van der Waals surface area contributed by atoms with Crippen molar-refractivity contribution in [2.75, 3.05) is 31.6 Å². The van der Waals surface area contributed by atoms with E-state index in [1.807, 2.05) is 15.5 Å². The molecule has 1 amide bonds. The molecule has 2 saturated heterocycles. The van der Waals surface area contributed by atoms with Crippen LogP contribution in [0.15, 0.2) is 30.5 Å². The Hall–Kier alpha value is -2.80. The van der Waals surface area contributed by atoms with Crippen molar-refractivity contribution < 1.29 is 9.53 Å². The Morgan fingerprint density at radius 1 is 1.18 bits per heavy atom. The Labute approximate surface area is 199 Å². The topological polar surface area (TPSA) is 63.0 Å². The van der Waals surface area contributed by atoms with Crippen LogP contribution in [0, 0.1) is 12.8 Å². The Bertz CT molecular complexity index is 1190. The molecule has 0 saturated carbocycles. The van der Waals surface area contributed by atoms with E-state index in [1.165, 1.54) is 6.42 Å². The van der Waals surface area contributed by atoms with Crippen LogP contribution < -0.4 is 9.64 Å². The third-order valence-corrected chi connectivity index (χ3v) is 7.15. The van der Waals surface area contributed by atoms with Crippen LogP contribution in [0.3, 0.4) is 0 Å². The van der Waals surface area contributed by atoms with Gasteiger partial charge < -0.3 is 14.5 Å². The van der Waals surface area contributed by atoms with Crippen LogP contribution in [-0.4, -0.2) is 52.1 Å². The third kappa shape index (κ3) is 4.14. The fourth-order valence-corrected chi connectivity index (χ4v) is 5.33. The van der Waals surface area contributed by atoms with E-state index in [-0.39, 0.29) is 11.9 Å². The number of hydrogen-bond donors (Lipinski definition) is 0. The van der Waals surface area contributed by atoms with E-state index in [9.17, 15) is 4.79 Å². The highest BCUT2D eigenvalue weighted by Crippen LogP contribution is 2.34. The largest absolute Gasteiger partial charge is 0.495 e. The van der Waals surface area contributed by atoms with Crippen LogP contribution in [0.1, 0.15) is 60.3 Å². The summed E-state index contributed by atoms with van der Waals surface area (Å²) in [5, 5.41) is 5.28. The second-order valence-corrected chi connectivity index (χ2v) is 9.73. The smallest absolute Gasteiger partial charge is 0.254 e. The van der Waals surface area contributed by atoms with Crippen molar-refractivity contribution in [1.29, 1.82) is 0 Å². The minimum absolute atomic E-state index is 0.0304. The molecule has 2 aliphatic heterocycles. The first-order valence-corrected chi connectivity index (χ1v) is 12.1. The zero-order valence-electron chi connectivity index (χ0n) is 19.4. The molecule has 3 aromatic rings. The van der Waals surface area contributed by atoms with Crippen LogP contribution in [-0.2, 0) is 0 Å². The number of ether oxygens (including phenoxy) is 1. The highest BCUT2D eigenvalue weighted by molar-refractivity contribution is 6.32.